The minimum Gasteiger partial charge on any atom is -0.292 e. The Morgan fingerprint density at radius 2 is 1.79 bits per heavy atom. The van der Waals surface area contributed by atoms with Crippen molar-refractivity contribution in [3.8, 4) is 0 Å². The van der Waals surface area contributed by atoms with Gasteiger partial charge in [0.05, 0.1) is 18.4 Å². The first-order valence-corrected chi connectivity index (χ1v) is 5.82. The molecular formula is C13H9F2NO3. The Kier molecular flexibility index (Phi) is 2.48. The van der Waals surface area contributed by atoms with Crippen LogP contribution in [0.2, 0.25) is 0 Å². The molecule has 2 atom stereocenters. The van der Waals surface area contributed by atoms with Crippen LogP contribution in [0.4, 0.5) is 8.78 Å². The summed E-state index contributed by atoms with van der Waals surface area (Å²) >= 11 is 0. The van der Waals surface area contributed by atoms with Gasteiger partial charge in [-0.05, 0) is 24.6 Å². The van der Waals surface area contributed by atoms with E-state index in [1.165, 1.54) is 0 Å². The molecule has 2 fully saturated rings. The molecule has 4 nitrogen and oxygen atoms in total. The van der Waals surface area contributed by atoms with E-state index in [1.807, 2.05) is 0 Å². The van der Waals surface area contributed by atoms with E-state index in [4.69, 9.17) is 0 Å². The van der Waals surface area contributed by atoms with Crippen molar-refractivity contribution in [2.45, 2.75) is 6.42 Å². The normalized spacial score (nSPS) is 24.6. The van der Waals surface area contributed by atoms with Crippen LogP contribution in [0.25, 0.3) is 0 Å². The van der Waals surface area contributed by atoms with E-state index in [1.54, 1.807) is 0 Å². The molecule has 1 aromatic rings. The smallest absolute Gasteiger partial charge is 0.233 e. The molecule has 1 heterocycles. The summed E-state index contributed by atoms with van der Waals surface area (Å²) in [4.78, 5) is 36.1. The number of benzene rings is 1. The Balaban J connectivity index is 1.76. The van der Waals surface area contributed by atoms with Crippen molar-refractivity contribution in [1.82, 2.24) is 4.90 Å². The molecule has 98 valence electrons. The summed E-state index contributed by atoms with van der Waals surface area (Å²) in [7, 11) is 0. The number of hydrogen-bond donors (Lipinski definition) is 0. The number of imide groups is 1. The van der Waals surface area contributed by atoms with Gasteiger partial charge in [-0.3, -0.25) is 19.3 Å². The van der Waals surface area contributed by atoms with Crippen LogP contribution in [0.15, 0.2) is 18.2 Å². The van der Waals surface area contributed by atoms with Crippen molar-refractivity contribution < 1.29 is 23.2 Å². The van der Waals surface area contributed by atoms with Crippen LogP contribution in [0.5, 0.6) is 0 Å². The Bertz CT molecular complexity index is 594. The fourth-order valence-corrected chi connectivity index (χ4v) is 2.31. The maximum Gasteiger partial charge on any atom is 0.233 e. The number of hydrogen-bond acceptors (Lipinski definition) is 3. The lowest BCUT2D eigenvalue weighted by atomic mass is 10.1. The zero-order valence-electron chi connectivity index (χ0n) is 9.73. The Hall–Kier alpha value is -2.11. The summed E-state index contributed by atoms with van der Waals surface area (Å²) in [6.45, 7) is -0.407. The van der Waals surface area contributed by atoms with Crippen LogP contribution < -0.4 is 0 Å². The van der Waals surface area contributed by atoms with Crippen molar-refractivity contribution in [1.29, 1.82) is 0 Å². The molecule has 3 rings (SSSR count). The average Bonchev–Trinajstić information content (AvgIpc) is 3.13. The predicted molar refractivity (Wildman–Crippen MR) is 59.0 cm³/mol. The minimum absolute atomic E-state index is 0.0555. The van der Waals surface area contributed by atoms with Crippen molar-refractivity contribution in [2.24, 2.45) is 11.8 Å². The lowest BCUT2D eigenvalue weighted by Gasteiger charge is -2.15. The van der Waals surface area contributed by atoms with Crippen molar-refractivity contribution in [2.75, 3.05) is 6.54 Å². The number of amides is 2. The van der Waals surface area contributed by atoms with Gasteiger partial charge in [0.15, 0.2) is 17.4 Å². The maximum absolute atomic E-state index is 13.0. The Labute approximate surface area is 107 Å². The van der Waals surface area contributed by atoms with Crippen molar-refractivity contribution in [3.05, 3.63) is 35.4 Å². The number of fused-ring (bicyclic) bond motifs is 1. The Morgan fingerprint density at radius 1 is 1.16 bits per heavy atom. The second-order valence-corrected chi connectivity index (χ2v) is 4.76. The molecule has 1 aromatic carbocycles. The first-order valence-electron chi connectivity index (χ1n) is 5.82. The molecule has 1 aliphatic carbocycles. The summed E-state index contributed by atoms with van der Waals surface area (Å²) < 4.78 is 25.7. The van der Waals surface area contributed by atoms with Gasteiger partial charge in [0.1, 0.15) is 0 Å². The first kappa shape index (κ1) is 12.0. The highest BCUT2D eigenvalue weighted by molar-refractivity contribution is 6.12. The fraction of sp³-hybridized carbons (Fsp3) is 0.308. The number of piperidine rings is 1. The number of likely N-dealkylation sites (tertiary alicyclic amines) is 1. The van der Waals surface area contributed by atoms with Crippen molar-refractivity contribution >= 4 is 17.6 Å². The van der Waals surface area contributed by atoms with E-state index < -0.39 is 24.0 Å². The topological polar surface area (TPSA) is 54.5 Å². The second-order valence-electron chi connectivity index (χ2n) is 4.76. The molecule has 0 bridgehead atoms. The van der Waals surface area contributed by atoms with Crippen LogP contribution in [0.1, 0.15) is 16.8 Å². The molecule has 1 saturated carbocycles. The molecular weight excluding hydrogens is 256 g/mol. The quantitative estimate of drug-likeness (QED) is 0.608. The predicted octanol–water partition coefficient (Wildman–Crippen LogP) is 1.15. The highest BCUT2D eigenvalue weighted by Crippen LogP contribution is 2.46. The van der Waals surface area contributed by atoms with E-state index >= 15 is 0 Å². The number of rotatable bonds is 3. The second kappa shape index (κ2) is 3.94. The van der Waals surface area contributed by atoms with Crippen LogP contribution in [-0.4, -0.2) is 29.0 Å². The van der Waals surface area contributed by atoms with E-state index in [0.29, 0.717) is 6.42 Å². The number of ketones is 1. The summed E-state index contributed by atoms with van der Waals surface area (Å²) in [5.74, 6) is -3.99. The monoisotopic (exact) mass is 265 g/mol. The van der Waals surface area contributed by atoms with Gasteiger partial charge in [0.25, 0.3) is 0 Å². The summed E-state index contributed by atoms with van der Waals surface area (Å²) in [6.07, 6.45) is 0.563. The van der Waals surface area contributed by atoms with Crippen LogP contribution in [-0.2, 0) is 9.59 Å². The molecule has 1 saturated heterocycles. The number of Topliss-reactive ketones (excluding diaryl/α,β-unsaturated/α-hetero) is 1. The molecule has 0 N–H and O–H groups in total. The van der Waals surface area contributed by atoms with E-state index in [9.17, 15) is 23.2 Å². The third-order valence-electron chi connectivity index (χ3n) is 3.50. The number of carbonyl (C=O) groups excluding carboxylic acids is 3. The molecule has 19 heavy (non-hydrogen) atoms. The van der Waals surface area contributed by atoms with Crippen molar-refractivity contribution in [3.63, 3.8) is 0 Å². The van der Waals surface area contributed by atoms with Gasteiger partial charge >= 0.3 is 0 Å². The van der Waals surface area contributed by atoms with Crippen LogP contribution in [0, 0.1) is 23.5 Å². The van der Waals surface area contributed by atoms with E-state index in [0.717, 1.165) is 23.1 Å². The maximum atomic E-state index is 13.0. The lowest BCUT2D eigenvalue weighted by Crippen LogP contribution is -2.37. The van der Waals surface area contributed by atoms with E-state index in [2.05, 4.69) is 0 Å². The third kappa shape index (κ3) is 1.83. The number of halogens is 2. The number of carbonyl (C=O) groups is 3. The van der Waals surface area contributed by atoms with Gasteiger partial charge in [-0.15, -0.1) is 0 Å². The molecule has 1 aliphatic heterocycles. The van der Waals surface area contributed by atoms with Gasteiger partial charge in [-0.2, -0.15) is 0 Å². The summed E-state index contributed by atoms with van der Waals surface area (Å²) in [6, 6.07) is 2.74. The average molecular weight is 265 g/mol. The summed E-state index contributed by atoms with van der Waals surface area (Å²) in [5, 5.41) is 0. The summed E-state index contributed by atoms with van der Waals surface area (Å²) in [5.41, 5.74) is -0.0555. The first-order chi connectivity index (χ1) is 8.99. The van der Waals surface area contributed by atoms with Crippen LogP contribution >= 0.6 is 0 Å². The molecule has 2 unspecified atom stereocenters. The zero-order chi connectivity index (χ0) is 13.7. The fourth-order valence-electron chi connectivity index (χ4n) is 2.31. The largest absolute Gasteiger partial charge is 0.292 e. The van der Waals surface area contributed by atoms with Gasteiger partial charge in [-0.25, -0.2) is 8.78 Å². The van der Waals surface area contributed by atoms with Crippen LogP contribution in [0.3, 0.4) is 0 Å². The van der Waals surface area contributed by atoms with E-state index in [-0.39, 0.29) is 29.2 Å². The minimum atomic E-state index is -1.13. The van der Waals surface area contributed by atoms with Gasteiger partial charge in [0.2, 0.25) is 11.8 Å². The standard InChI is InChI=1S/C13H9F2NO3/c14-9-2-1-6(3-10(9)15)11(17)5-16-12(18)7-4-8(7)13(16)19/h1-3,7-8H,4-5H2. The SMILES string of the molecule is O=C(CN1C(=O)C2CC2C1=O)c1ccc(F)c(F)c1. The molecule has 6 heteroatoms. The van der Waals surface area contributed by atoms with Gasteiger partial charge < -0.3 is 0 Å². The number of nitrogens with zero attached hydrogens (tertiary/aromatic N) is 1. The third-order valence-corrected chi connectivity index (χ3v) is 3.50. The molecule has 2 aliphatic rings. The molecule has 2 amide bonds. The van der Waals surface area contributed by atoms with Gasteiger partial charge in [-0.1, -0.05) is 0 Å². The highest BCUT2D eigenvalue weighted by Gasteiger charge is 2.58. The molecule has 0 radical (unpaired) electrons. The lowest BCUT2D eigenvalue weighted by molar-refractivity contribution is -0.140. The molecule has 0 spiro atoms. The Morgan fingerprint density at radius 3 is 2.37 bits per heavy atom. The highest BCUT2D eigenvalue weighted by atomic mass is 19.2. The molecule has 0 aromatic heterocycles. The zero-order valence-corrected chi connectivity index (χ0v) is 9.73. The van der Waals surface area contributed by atoms with Gasteiger partial charge in [0, 0.05) is 5.56 Å².